The number of amidine groups is 1. The lowest BCUT2D eigenvalue weighted by atomic mass is 10.1. The molecule has 0 saturated carbocycles. The summed E-state index contributed by atoms with van der Waals surface area (Å²) in [6, 6.07) is 14.5. The molecule has 2 fully saturated rings. The molecular formula is C23H23FN6O2S. The van der Waals surface area contributed by atoms with Crippen LogP contribution in [0.1, 0.15) is 6.42 Å². The molecular weight excluding hydrogens is 443 g/mol. The lowest BCUT2D eigenvalue weighted by Gasteiger charge is -2.36. The molecule has 0 bridgehead atoms. The molecule has 170 valence electrons. The van der Waals surface area contributed by atoms with Gasteiger partial charge in [-0.25, -0.2) is 9.38 Å². The van der Waals surface area contributed by atoms with Gasteiger partial charge in [-0.2, -0.15) is 9.98 Å². The third kappa shape index (κ3) is 3.88. The Morgan fingerprint density at radius 3 is 2.70 bits per heavy atom. The maximum atomic E-state index is 13.7. The average molecular weight is 467 g/mol. The van der Waals surface area contributed by atoms with E-state index in [9.17, 15) is 8.60 Å². The number of para-hydroxylation sites is 2. The van der Waals surface area contributed by atoms with Crippen molar-refractivity contribution in [1.29, 1.82) is 0 Å². The SMILES string of the molecule is O=S1CCC2N=C(N3CCN(c4nc5ccccc5o4)CC3)N=C(Nc3cccc(F)c3)C21. The molecule has 3 unspecified atom stereocenters. The minimum absolute atomic E-state index is 0.0792. The van der Waals surface area contributed by atoms with E-state index in [2.05, 4.69) is 20.1 Å². The summed E-state index contributed by atoms with van der Waals surface area (Å²) in [4.78, 5) is 18.5. The number of fused-ring (bicyclic) bond motifs is 2. The van der Waals surface area contributed by atoms with E-state index in [0.29, 0.717) is 29.3 Å². The van der Waals surface area contributed by atoms with Gasteiger partial charge in [-0.3, -0.25) is 4.21 Å². The number of aliphatic imine (C=N–C) groups is 2. The highest BCUT2D eigenvalue weighted by Crippen LogP contribution is 2.28. The van der Waals surface area contributed by atoms with E-state index in [-0.39, 0.29) is 17.1 Å². The summed E-state index contributed by atoms with van der Waals surface area (Å²) in [5.41, 5.74) is 2.23. The van der Waals surface area contributed by atoms with Crippen molar-refractivity contribution in [3.63, 3.8) is 0 Å². The van der Waals surface area contributed by atoms with E-state index in [1.165, 1.54) is 12.1 Å². The second-order valence-corrected chi connectivity index (χ2v) is 10.0. The number of oxazole rings is 1. The number of piperazine rings is 1. The Morgan fingerprint density at radius 2 is 1.88 bits per heavy atom. The van der Waals surface area contributed by atoms with Crippen LogP contribution in [0.2, 0.25) is 0 Å². The number of hydrogen-bond acceptors (Lipinski definition) is 8. The number of guanidine groups is 1. The quantitative estimate of drug-likeness (QED) is 0.625. The van der Waals surface area contributed by atoms with E-state index >= 15 is 0 Å². The number of nitrogens with one attached hydrogen (secondary N) is 1. The molecule has 8 nitrogen and oxygen atoms in total. The number of rotatable bonds is 2. The first-order valence-electron chi connectivity index (χ1n) is 11.1. The third-order valence-corrected chi connectivity index (χ3v) is 7.97. The van der Waals surface area contributed by atoms with Crippen LogP contribution in [0.4, 0.5) is 16.1 Å². The van der Waals surface area contributed by atoms with Gasteiger partial charge in [-0.1, -0.05) is 18.2 Å². The van der Waals surface area contributed by atoms with Gasteiger partial charge < -0.3 is 19.5 Å². The topological polar surface area (TPSA) is 86.3 Å². The van der Waals surface area contributed by atoms with E-state index in [0.717, 1.165) is 43.7 Å². The van der Waals surface area contributed by atoms with Crippen LogP contribution in [0.3, 0.4) is 0 Å². The smallest absolute Gasteiger partial charge is 0.298 e. The molecule has 2 saturated heterocycles. The first kappa shape index (κ1) is 20.3. The molecule has 33 heavy (non-hydrogen) atoms. The van der Waals surface area contributed by atoms with Crippen molar-refractivity contribution in [1.82, 2.24) is 9.88 Å². The summed E-state index contributed by atoms with van der Waals surface area (Å²) in [6.07, 6.45) is 0.757. The van der Waals surface area contributed by atoms with Crippen molar-refractivity contribution in [2.45, 2.75) is 17.7 Å². The van der Waals surface area contributed by atoms with E-state index in [1.54, 1.807) is 12.1 Å². The van der Waals surface area contributed by atoms with Gasteiger partial charge in [0.05, 0.1) is 6.04 Å². The molecule has 0 amide bonds. The van der Waals surface area contributed by atoms with Gasteiger partial charge in [-0.05, 0) is 36.8 Å². The summed E-state index contributed by atoms with van der Waals surface area (Å²) in [5.74, 6) is 1.52. The number of halogens is 1. The van der Waals surface area contributed by atoms with Gasteiger partial charge >= 0.3 is 0 Å². The Kier molecular flexibility index (Phi) is 5.09. The molecule has 1 N–H and O–H groups in total. The molecule has 0 aliphatic carbocycles. The monoisotopic (exact) mass is 466 g/mol. The fourth-order valence-electron chi connectivity index (χ4n) is 4.54. The Morgan fingerprint density at radius 1 is 1.06 bits per heavy atom. The maximum Gasteiger partial charge on any atom is 0.298 e. The van der Waals surface area contributed by atoms with Gasteiger partial charge in [0.1, 0.15) is 22.4 Å². The van der Waals surface area contributed by atoms with Gasteiger partial charge in [0.15, 0.2) is 5.58 Å². The van der Waals surface area contributed by atoms with Crippen molar-refractivity contribution in [3.05, 3.63) is 54.3 Å². The van der Waals surface area contributed by atoms with Crippen LogP contribution in [0, 0.1) is 5.82 Å². The highest BCUT2D eigenvalue weighted by atomic mass is 32.2. The van der Waals surface area contributed by atoms with Crippen LogP contribution >= 0.6 is 0 Å². The van der Waals surface area contributed by atoms with Crippen LogP contribution in [-0.2, 0) is 10.8 Å². The minimum atomic E-state index is -1.05. The summed E-state index contributed by atoms with van der Waals surface area (Å²) in [6.45, 7) is 2.89. The van der Waals surface area contributed by atoms with Crippen LogP contribution in [0.5, 0.6) is 0 Å². The molecule has 0 spiro atoms. The first-order valence-corrected chi connectivity index (χ1v) is 12.4. The first-order chi connectivity index (χ1) is 16.1. The van der Waals surface area contributed by atoms with Gasteiger partial charge in [0.2, 0.25) is 5.96 Å². The number of aromatic nitrogens is 1. The van der Waals surface area contributed by atoms with Crippen molar-refractivity contribution in [3.8, 4) is 0 Å². The summed E-state index contributed by atoms with van der Waals surface area (Å²) < 4.78 is 32.2. The minimum Gasteiger partial charge on any atom is -0.423 e. The summed E-state index contributed by atoms with van der Waals surface area (Å²) >= 11 is 0. The van der Waals surface area contributed by atoms with Crippen molar-refractivity contribution in [2.24, 2.45) is 9.98 Å². The zero-order valence-electron chi connectivity index (χ0n) is 17.9. The zero-order chi connectivity index (χ0) is 22.4. The Bertz CT molecular complexity index is 1250. The van der Waals surface area contributed by atoms with E-state index in [4.69, 9.17) is 14.4 Å². The Hall–Kier alpha value is -3.27. The van der Waals surface area contributed by atoms with Crippen LogP contribution in [0.15, 0.2) is 62.9 Å². The van der Waals surface area contributed by atoms with E-state index in [1.807, 2.05) is 24.3 Å². The standard InChI is InChI=1S/C23H23FN6O2S/c24-15-4-3-5-16(14-15)25-21-20-18(8-13-33(20)31)26-22(28-21)29-9-11-30(12-10-29)23-27-17-6-1-2-7-19(17)32-23/h1-7,14,18,20H,8-13H2,(H,25,26,28). The number of hydrogen-bond donors (Lipinski definition) is 1. The maximum absolute atomic E-state index is 13.7. The molecule has 3 aliphatic heterocycles. The van der Waals surface area contributed by atoms with Crippen molar-refractivity contribution in [2.75, 3.05) is 42.1 Å². The zero-order valence-corrected chi connectivity index (χ0v) is 18.7. The number of nitrogens with zero attached hydrogens (tertiary/aromatic N) is 5. The molecule has 6 rings (SSSR count). The summed E-state index contributed by atoms with van der Waals surface area (Å²) in [5, 5.41) is 2.94. The van der Waals surface area contributed by atoms with Crippen molar-refractivity contribution < 1.29 is 13.0 Å². The predicted octanol–water partition coefficient (Wildman–Crippen LogP) is 2.86. The second-order valence-electron chi connectivity index (χ2n) is 8.36. The molecule has 1 aromatic heterocycles. The largest absolute Gasteiger partial charge is 0.423 e. The Balaban J connectivity index is 1.21. The molecule has 3 aromatic rings. The van der Waals surface area contributed by atoms with E-state index < -0.39 is 10.8 Å². The highest BCUT2D eigenvalue weighted by Gasteiger charge is 2.41. The lowest BCUT2D eigenvalue weighted by Crippen LogP contribution is -2.51. The molecule has 0 radical (unpaired) electrons. The van der Waals surface area contributed by atoms with Gasteiger partial charge in [0, 0.05) is 48.4 Å². The predicted molar refractivity (Wildman–Crippen MR) is 128 cm³/mol. The molecule has 2 aromatic carbocycles. The van der Waals surface area contributed by atoms with Gasteiger partial charge in [-0.15, -0.1) is 0 Å². The molecule has 10 heteroatoms. The van der Waals surface area contributed by atoms with Crippen LogP contribution < -0.4 is 10.2 Å². The molecule has 3 aliphatic rings. The fraction of sp³-hybridized carbons (Fsp3) is 0.348. The van der Waals surface area contributed by atoms with Crippen molar-refractivity contribution >= 4 is 45.4 Å². The second kappa shape index (κ2) is 8.26. The van der Waals surface area contributed by atoms with Gasteiger partial charge in [0.25, 0.3) is 6.01 Å². The molecule has 4 heterocycles. The van der Waals surface area contributed by atoms with Crippen LogP contribution in [0.25, 0.3) is 11.1 Å². The molecule has 3 atom stereocenters. The normalized spacial score (nSPS) is 25.1. The third-order valence-electron chi connectivity index (χ3n) is 6.23. The van der Waals surface area contributed by atoms with Crippen LogP contribution in [-0.4, -0.2) is 69.1 Å². The fourth-order valence-corrected chi connectivity index (χ4v) is 6.17. The highest BCUT2D eigenvalue weighted by molar-refractivity contribution is 7.86. The summed E-state index contributed by atoms with van der Waals surface area (Å²) in [7, 11) is -1.05. The number of anilines is 2. The average Bonchev–Trinajstić information content (AvgIpc) is 3.43. The Labute approximate surface area is 192 Å². The lowest BCUT2D eigenvalue weighted by molar-refractivity contribution is 0.366. The number of benzene rings is 2.